The van der Waals surface area contributed by atoms with Gasteiger partial charge in [0.2, 0.25) is 0 Å². The number of aromatic hydroxyl groups is 1. The molecular weight excluding hydrogens is 322 g/mol. The fourth-order valence-electron chi connectivity index (χ4n) is 3.12. The zero-order chi connectivity index (χ0) is 18.1. The van der Waals surface area contributed by atoms with Crippen LogP contribution in [0.15, 0.2) is 60.7 Å². The Labute approximate surface area is 152 Å². The molecule has 0 aliphatic heterocycles. The fraction of sp³-hybridized carbons (Fsp3) is 0.0909. The third kappa shape index (κ3) is 2.86. The number of rotatable bonds is 3. The Hall–Kier alpha value is -3.40. The van der Waals surface area contributed by atoms with Crippen LogP contribution in [0.1, 0.15) is 22.6 Å². The van der Waals surface area contributed by atoms with Gasteiger partial charge in [0.25, 0.3) is 0 Å². The summed E-state index contributed by atoms with van der Waals surface area (Å²) >= 11 is 0. The second-order valence-electron chi connectivity index (χ2n) is 6.25. The molecule has 0 spiro atoms. The van der Waals surface area contributed by atoms with Crippen LogP contribution in [0.5, 0.6) is 5.75 Å². The van der Waals surface area contributed by atoms with Crippen LogP contribution in [0.4, 0.5) is 0 Å². The van der Waals surface area contributed by atoms with E-state index in [1.165, 1.54) is 0 Å². The zero-order valence-electron chi connectivity index (χ0n) is 14.7. The van der Waals surface area contributed by atoms with E-state index in [0.29, 0.717) is 5.52 Å². The van der Waals surface area contributed by atoms with Crippen molar-refractivity contribution in [3.8, 4) is 11.4 Å². The van der Waals surface area contributed by atoms with Crippen LogP contribution in [0.2, 0.25) is 0 Å². The Morgan fingerprint density at radius 1 is 0.885 bits per heavy atom. The normalized spacial score (nSPS) is 11.5. The van der Waals surface area contributed by atoms with Gasteiger partial charge in [-0.05, 0) is 50.3 Å². The molecule has 2 heterocycles. The predicted molar refractivity (Wildman–Crippen MR) is 105 cm³/mol. The molecule has 0 aliphatic carbocycles. The Kier molecular flexibility index (Phi) is 4.01. The fourth-order valence-corrected chi connectivity index (χ4v) is 3.12. The lowest BCUT2D eigenvalue weighted by atomic mass is 10.1. The molecule has 1 N–H and O–H groups in total. The van der Waals surface area contributed by atoms with Crippen LogP contribution >= 0.6 is 0 Å². The number of para-hydroxylation sites is 2. The van der Waals surface area contributed by atoms with Crippen molar-refractivity contribution in [3.63, 3.8) is 0 Å². The van der Waals surface area contributed by atoms with Gasteiger partial charge in [0.1, 0.15) is 11.3 Å². The SMILES string of the molecule is Cc1nn(-c2ccccc2)c(C)c1/C=C/c1ccc2cccc(O)c2n1. The van der Waals surface area contributed by atoms with E-state index in [0.717, 1.165) is 33.7 Å². The third-order valence-corrected chi connectivity index (χ3v) is 4.49. The van der Waals surface area contributed by atoms with Gasteiger partial charge in [-0.1, -0.05) is 36.4 Å². The zero-order valence-corrected chi connectivity index (χ0v) is 14.7. The first-order valence-corrected chi connectivity index (χ1v) is 8.52. The van der Waals surface area contributed by atoms with E-state index in [1.54, 1.807) is 6.07 Å². The van der Waals surface area contributed by atoms with E-state index in [1.807, 2.05) is 78.4 Å². The van der Waals surface area contributed by atoms with E-state index in [2.05, 4.69) is 17.0 Å². The Balaban J connectivity index is 1.71. The summed E-state index contributed by atoms with van der Waals surface area (Å²) in [5.41, 5.74) is 5.57. The number of benzene rings is 2. The molecule has 0 aliphatic rings. The highest BCUT2D eigenvalue weighted by molar-refractivity contribution is 5.85. The molecule has 0 atom stereocenters. The van der Waals surface area contributed by atoms with Crippen molar-refractivity contribution in [1.82, 2.24) is 14.8 Å². The predicted octanol–water partition coefficient (Wildman–Crippen LogP) is 4.91. The molecule has 0 unspecified atom stereocenters. The molecule has 0 amide bonds. The maximum atomic E-state index is 10.00. The number of phenolic OH excluding ortho intramolecular Hbond substituents is 1. The first kappa shape index (κ1) is 16.1. The first-order chi connectivity index (χ1) is 12.6. The number of fused-ring (bicyclic) bond motifs is 1. The molecule has 4 rings (SSSR count). The van der Waals surface area contributed by atoms with Gasteiger partial charge in [0, 0.05) is 16.6 Å². The largest absolute Gasteiger partial charge is 0.506 e. The molecule has 128 valence electrons. The van der Waals surface area contributed by atoms with Gasteiger partial charge in [-0.2, -0.15) is 5.10 Å². The van der Waals surface area contributed by atoms with Crippen LogP contribution < -0.4 is 0 Å². The van der Waals surface area contributed by atoms with Crippen molar-refractivity contribution in [2.45, 2.75) is 13.8 Å². The summed E-state index contributed by atoms with van der Waals surface area (Å²) in [5, 5.41) is 15.6. The van der Waals surface area contributed by atoms with Gasteiger partial charge in [-0.3, -0.25) is 0 Å². The van der Waals surface area contributed by atoms with Gasteiger partial charge in [0.15, 0.2) is 0 Å². The van der Waals surface area contributed by atoms with E-state index in [-0.39, 0.29) is 5.75 Å². The second-order valence-corrected chi connectivity index (χ2v) is 6.25. The second kappa shape index (κ2) is 6.48. The molecule has 2 aromatic heterocycles. The number of nitrogens with zero attached hydrogens (tertiary/aromatic N) is 3. The number of phenols is 1. The van der Waals surface area contributed by atoms with Gasteiger partial charge in [-0.15, -0.1) is 0 Å². The van der Waals surface area contributed by atoms with Gasteiger partial charge in [-0.25, -0.2) is 9.67 Å². The molecular formula is C22H19N3O. The number of hydrogen-bond donors (Lipinski definition) is 1. The van der Waals surface area contributed by atoms with E-state index < -0.39 is 0 Å². The van der Waals surface area contributed by atoms with Crippen molar-refractivity contribution in [2.24, 2.45) is 0 Å². The lowest BCUT2D eigenvalue weighted by Crippen LogP contribution is -1.98. The maximum Gasteiger partial charge on any atom is 0.141 e. The topological polar surface area (TPSA) is 50.9 Å². The Morgan fingerprint density at radius 2 is 1.69 bits per heavy atom. The Morgan fingerprint density at radius 3 is 2.50 bits per heavy atom. The van der Waals surface area contributed by atoms with Crippen molar-refractivity contribution >= 4 is 23.1 Å². The van der Waals surface area contributed by atoms with Crippen molar-refractivity contribution in [1.29, 1.82) is 0 Å². The highest BCUT2D eigenvalue weighted by Gasteiger charge is 2.10. The monoisotopic (exact) mass is 341 g/mol. The minimum absolute atomic E-state index is 0.196. The summed E-state index contributed by atoms with van der Waals surface area (Å²) in [6, 6.07) is 19.4. The number of hydrogen-bond acceptors (Lipinski definition) is 3. The summed E-state index contributed by atoms with van der Waals surface area (Å²) in [7, 11) is 0. The van der Waals surface area contributed by atoms with Gasteiger partial charge in [0.05, 0.1) is 17.1 Å². The van der Waals surface area contributed by atoms with Crippen LogP contribution in [-0.4, -0.2) is 19.9 Å². The third-order valence-electron chi connectivity index (χ3n) is 4.49. The van der Waals surface area contributed by atoms with Crippen LogP contribution in [0, 0.1) is 13.8 Å². The number of aromatic nitrogens is 3. The minimum Gasteiger partial charge on any atom is -0.506 e. The molecule has 0 saturated carbocycles. The van der Waals surface area contributed by atoms with Crippen molar-refractivity contribution in [2.75, 3.05) is 0 Å². The smallest absolute Gasteiger partial charge is 0.141 e. The van der Waals surface area contributed by atoms with E-state index in [9.17, 15) is 5.11 Å². The molecule has 0 bridgehead atoms. The highest BCUT2D eigenvalue weighted by atomic mass is 16.3. The van der Waals surface area contributed by atoms with E-state index in [4.69, 9.17) is 0 Å². The summed E-state index contributed by atoms with van der Waals surface area (Å²) in [6.45, 7) is 4.07. The van der Waals surface area contributed by atoms with Crippen LogP contribution in [-0.2, 0) is 0 Å². The molecule has 4 heteroatoms. The molecule has 0 fully saturated rings. The van der Waals surface area contributed by atoms with Crippen molar-refractivity contribution < 1.29 is 5.11 Å². The van der Waals surface area contributed by atoms with Gasteiger partial charge < -0.3 is 5.11 Å². The highest BCUT2D eigenvalue weighted by Crippen LogP contribution is 2.24. The quantitative estimate of drug-likeness (QED) is 0.576. The van der Waals surface area contributed by atoms with Crippen LogP contribution in [0.25, 0.3) is 28.7 Å². The lowest BCUT2D eigenvalue weighted by Gasteiger charge is -2.04. The summed E-state index contributed by atoms with van der Waals surface area (Å²) < 4.78 is 1.95. The summed E-state index contributed by atoms with van der Waals surface area (Å²) in [5.74, 6) is 0.196. The number of pyridine rings is 1. The van der Waals surface area contributed by atoms with Gasteiger partial charge >= 0.3 is 0 Å². The van der Waals surface area contributed by atoms with Crippen molar-refractivity contribution in [3.05, 3.63) is 83.3 Å². The lowest BCUT2D eigenvalue weighted by molar-refractivity contribution is 0.480. The maximum absolute atomic E-state index is 10.00. The standard InChI is InChI=1S/C22H19N3O/c1-15-20(16(2)25(24-15)19-8-4-3-5-9-19)14-13-18-12-11-17-7-6-10-21(26)22(17)23-18/h3-14,26H,1-2H3/b14-13+. The first-order valence-electron chi connectivity index (χ1n) is 8.52. The minimum atomic E-state index is 0.196. The van der Waals surface area contributed by atoms with Crippen LogP contribution in [0.3, 0.4) is 0 Å². The molecule has 26 heavy (non-hydrogen) atoms. The molecule has 4 aromatic rings. The average molecular weight is 341 g/mol. The summed E-state index contributed by atoms with van der Waals surface area (Å²) in [6.07, 6.45) is 3.99. The molecule has 2 aromatic carbocycles. The molecule has 0 radical (unpaired) electrons. The number of aryl methyl sites for hydroxylation is 1. The average Bonchev–Trinajstić information content (AvgIpc) is 2.95. The van der Waals surface area contributed by atoms with E-state index >= 15 is 0 Å². The molecule has 0 saturated heterocycles. The summed E-state index contributed by atoms with van der Waals surface area (Å²) in [4.78, 5) is 4.55. The Bertz CT molecular complexity index is 1110. The molecule has 4 nitrogen and oxygen atoms in total.